The fourth-order valence-electron chi connectivity index (χ4n) is 1.45. The Labute approximate surface area is 119 Å². The fourth-order valence-corrected chi connectivity index (χ4v) is 1.83. The molecule has 0 aliphatic heterocycles. The molecule has 6 heteroatoms. The average molecular weight is 324 g/mol. The first-order chi connectivity index (χ1) is 9.17. The molecular weight excluding hydrogens is 310 g/mol. The van der Waals surface area contributed by atoms with Crippen molar-refractivity contribution in [3.63, 3.8) is 0 Å². The lowest BCUT2D eigenvalue weighted by molar-refractivity contribution is 0.128. The first-order valence-electron chi connectivity index (χ1n) is 5.82. The van der Waals surface area contributed by atoms with Crippen molar-refractivity contribution in [1.82, 2.24) is 9.97 Å². The van der Waals surface area contributed by atoms with Crippen LogP contribution in [0.25, 0.3) is 0 Å². The number of halogens is 1. The van der Waals surface area contributed by atoms with Crippen LogP contribution in [0.4, 0.5) is 5.82 Å². The van der Waals surface area contributed by atoms with E-state index in [0.717, 1.165) is 4.47 Å². The highest BCUT2D eigenvalue weighted by Gasteiger charge is 2.05. The summed E-state index contributed by atoms with van der Waals surface area (Å²) in [5.41, 5.74) is 5.72. The van der Waals surface area contributed by atoms with Crippen LogP contribution in [0.2, 0.25) is 0 Å². The van der Waals surface area contributed by atoms with E-state index in [-0.39, 0.29) is 0 Å². The van der Waals surface area contributed by atoms with Crippen LogP contribution in [0.1, 0.15) is 12.7 Å². The first kappa shape index (κ1) is 13.8. The summed E-state index contributed by atoms with van der Waals surface area (Å²) in [5.74, 6) is 1.94. The van der Waals surface area contributed by atoms with Crippen LogP contribution in [0.5, 0.6) is 11.6 Å². The van der Waals surface area contributed by atoms with Crippen molar-refractivity contribution in [1.29, 1.82) is 0 Å². The summed E-state index contributed by atoms with van der Waals surface area (Å²) in [4.78, 5) is 8.33. The molecule has 0 amide bonds. The van der Waals surface area contributed by atoms with Gasteiger partial charge in [0.2, 0.25) is 5.88 Å². The summed E-state index contributed by atoms with van der Waals surface area (Å²) in [6.45, 7) is 2.82. The highest BCUT2D eigenvalue weighted by atomic mass is 79.9. The molecule has 0 saturated carbocycles. The highest BCUT2D eigenvalue weighted by molar-refractivity contribution is 9.10. The molecule has 2 rings (SSSR count). The Kier molecular flexibility index (Phi) is 4.70. The van der Waals surface area contributed by atoms with Crippen LogP contribution in [-0.2, 0) is 11.3 Å². The Morgan fingerprint density at radius 1 is 1.26 bits per heavy atom. The third kappa shape index (κ3) is 4.18. The second-order valence-electron chi connectivity index (χ2n) is 3.74. The van der Waals surface area contributed by atoms with Crippen molar-refractivity contribution >= 4 is 21.7 Å². The zero-order chi connectivity index (χ0) is 13.7. The normalized spacial score (nSPS) is 10.4. The van der Waals surface area contributed by atoms with E-state index in [1.165, 1.54) is 0 Å². The van der Waals surface area contributed by atoms with Gasteiger partial charge < -0.3 is 15.2 Å². The zero-order valence-electron chi connectivity index (χ0n) is 10.5. The Morgan fingerprint density at radius 3 is 2.84 bits per heavy atom. The van der Waals surface area contributed by atoms with Gasteiger partial charge >= 0.3 is 0 Å². The Bertz CT molecular complexity index is 563. The van der Waals surface area contributed by atoms with Crippen molar-refractivity contribution in [2.24, 2.45) is 0 Å². The minimum absolute atomic E-state index is 0.316. The molecule has 100 valence electrons. The lowest BCUT2D eigenvalue weighted by Crippen LogP contribution is -2.03. The maximum Gasteiger partial charge on any atom is 0.224 e. The maximum absolute atomic E-state index is 5.72. The number of aromatic nitrogens is 2. The van der Waals surface area contributed by atoms with Crippen molar-refractivity contribution in [3.05, 3.63) is 40.6 Å². The van der Waals surface area contributed by atoms with Crippen molar-refractivity contribution in [2.45, 2.75) is 13.5 Å². The first-order valence-corrected chi connectivity index (χ1v) is 6.61. The van der Waals surface area contributed by atoms with E-state index in [1.54, 1.807) is 6.07 Å². The lowest BCUT2D eigenvalue weighted by atomic mass is 10.3. The monoisotopic (exact) mass is 323 g/mol. The molecule has 0 radical (unpaired) electrons. The van der Waals surface area contributed by atoms with Gasteiger partial charge in [0, 0.05) is 17.1 Å². The van der Waals surface area contributed by atoms with Crippen LogP contribution in [0.15, 0.2) is 34.8 Å². The molecule has 0 bridgehead atoms. The molecule has 0 aliphatic rings. The number of rotatable bonds is 5. The molecule has 1 aromatic carbocycles. The summed E-state index contributed by atoms with van der Waals surface area (Å²) in [5, 5.41) is 0. The van der Waals surface area contributed by atoms with Gasteiger partial charge in [-0.2, -0.15) is 4.98 Å². The molecule has 2 aromatic rings. The number of hydrogen-bond donors (Lipinski definition) is 1. The van der Waals surface area contributed by atoms with Gasteiger partial charge in [-0.05, 0) is 25.1 Å². The third-order valence-electron chi connectivity index (χ3n) is 2.22. The smallest absolute Gasteiger partial charge is 0.224 e. The maximum atomic E-state index is 5.72. The van der Waals surface area contributed by atoms with E-state index in [1.807, 2.05) is 31.2 Å². The quantitative estimate of drug-likeness (QED) is 0.915. The van der Waals surface area contributed by atoms with Crippen LogP contribution < -0.4 is 10.5 Å². The number of nitrogens with two attached hydrogens (primary N) is 1. The molecule has 0 aliphatic carbocycles. The van der Waals surface area contributed by atoms with Crippen molar-refractivity contribution in [2.75, 3.05) is 12.3 Å². The Morgan fingerprint density at radius 2 is 2.11 bits per heavy atom. The van der Waals surface area contributed by atoms with E-state index >= 15 is 0 Å². The molecule has 2 N–H and O–H groups in total. The van der Waals surface area contributed by atoms with Gasteiger partial charge in [-0.25, -0.2) is 4.98 Å². The summed E-state index contributed by atoms with van der Waals surface area (Å²) >= 11 is 3.38. The molecular formula is C13H14BrN3O2. The second kappa shape index (κ2) is 6.49. The largest absolute Gasteiger partial charge is 0.439 e. The second-order valence-corrected chi connectivity index (χ2v) is 4.66. The van der Waals surface area contributed by atoms with Crippen LogP contribution in [-0.4, -0.2) is 16.6 Å². The van der Waals surface area contributed by atoms with Gasteiger partial charge in [0.15, 0.2) is 5.82 Å². The number of anilines is 1. The molecule has 1 aromatic heterocycles. The Hall–Kier alpha value is -1.66. The number of nitrogens with zero attached hydrogens (tertiary/aromatic N) is 2. The number of nitrogen functional groups attached to an aromatic ring is 1. The van der Waals surface area contributed by atoms with Crippen LogP contribution >= 0.6 is 15.9 Å². The Balaban J connectivity index is 2.17. The number of benzene rings is 1. The average Bonchev–Trinajstić information content (AvgIpc) is 2.35. The summed E-state index contributed by atoms with van der Waals surface area (Å²) in [7, 11) is 0. The minimum atomic E-state index is 0.316. The standard InChI is InChI=1S/C13H14BrN3O2/c1-2-18-8-12-16-11(15)7-13(17-12)19-10-5-3-4-9(14)6-10/h3-7H,2,8H2,1H3,(H2,15,16,17). The van der Waals surface area contributed by atoms with Gasteiger partial charge in [0.25, 0.3) is 0 Å². The summed E-state index contributed by atoms with van der Waals surface area (Å²) < 4.78 is 11.8. The third-order valence-corrected chi connectivity index (χ3v) is 2.72. The van der Waals surface area contributed by atoms with Gasteiger partial charge in [-0.3, -0.25) is 0 Å². The lowest BCUT2D eigenvalue weighted by Gasteiger charge is -2.07. The van der Waals surface area contributed by atoms with Crippen LogP contribution in [0.3, 0.4) is 0 Å². The molecule has 0 fully saturated rings. The fraction of sp³-hybridized carbons (Fsp3) is 0.231. The molecule has 5 nitrogen and oxygen atoms in total. The van der Waals surface area contributed by atoms with E-state index in [2.05, 4.69) is 25.9 Å². The molecule has 19 heavy (non-hydrogen) atoms. The summed E-state index contributed by atoms with van der Waals surface area (Å²) in [6.07, 6.45) is 0. The number of hydrogen-bond acceptors (Lipinski definition) is 5. The topological polar surface area (TPSA) is 70.3 Å². The van der Waals surface area contributed by atoms with Gasteiger partial charge in [-0.15, -0.1) is 0 Å². The predicted octanol–water partition coefficient (Wildman–Crippen LogP) is 3.15. The predicted molar refractivity (Wildman–Crippen MR) is 76.0 cm³/mol. The number of ether oxygens (including phenoxy) is 2. The molecule has 0 unspecified atom stereocenters. The summed E-state index contributed by atoms with van der Waals surface area (Å²) in [6, 6.07) is 9.06. The van der Waals surface area contributed by atoms with Crippen molar-refractivity contribution < 1.29 is 9.47 Å². The van der Waals surface area contributed by atoms with Crippen molar-refractivity contribution in [3.8, 4) is 11.6 Å². The van der Waals surface area contributed by atoms with Gasteiger partial charge in [0.05, 0.1) is 0 Å². The SMILES string of the molecule is CCOCc1nc(N)cc(Oc2cccc(Br)c2)n1. The molecule has 1 heterocycles. The molecule has 0 saturated heterocycles. The van der Waals surface area contributed by atoms with E-state index < -0.39 is 0 Å². The van der Waals surface area contributed by atoms with Crippen LogP contribution in [0, 0.1) is 0 Å². The molecule has 0 spiro atoms. The highest BCUT2D eigenvalue weighted by Crippen LogP contribution is 2.23. The van der Waals surface area contributed by atoms with Gasteiger partial charge in [0.1, 0.15) is 18.2 Å². The zero-order valence-corrected chi connectivity index (χ0v) is 12.1. The van der Waals surface area contributed by atoms with E-state index in [9.17, 15) is 0 Å². The molecule has 0 atom stereocenters. The van der Waals surface area contributed by atoms with Gasteiger partial charge in [-0.1, -0.05) is 22.0 Å². The van der Waals surface area contributed by atoms with E-state index in [0.29, 0.717) is 36.5 Å². The van der Waals surface area contributed by atoms with E-state index in [4.69, 9.17) is 15.2 Å². The minimum Gasteiger partial charge on any atom is -0.439 e.